The van der Waals surface area contributed by atoms with Gasteiger partial charge >= 0.3 is 0 Å². The number of amides is 1. The van der Waals surface area contributed by atoms with Gasteiger partial charge in [-0.25, -0.2) is 9.97 Å². The molecule has 5 nitrogen and oxygen atoms in total. The van der Waals surface area contributed by atoms with Gasteiger partial charge in [-0.15, -0.1) is 11.3 Å². The zero-order valence-corrected chi connectivity index (χ0v) is 17.3. The van der Waals surface area contributed by atoms with Crippen LogP contribution in [0, 0.1) is 13.8 Å². The van der Waals surface area contributed by atoms with Crippen molar-refractivity contribution < 1.29 is 4.79 Å². The van der Waals surface area contributed by atoms with Crippen LogP contribution in [-0.4, -0.2) is 35.2 Å². The number of hydrogen-bond acceptors (Lipinski definition) is 6. The van der Waals surface area contributed by atoms with E-state index in [2.05, 4.69) is 53.2 Å². The van der Waals surface area contributed by atoms with Gasteiger partial charge in [-0.1, -0.05) is 11.8 Å². The first-order valence-corrected chi connectivity index (χ1v) is 10.8. The molecule has 2 aromatic heterocycles. The second-order valence-electron chi connectivity index (χ2n) is 6.85. The molecule has 140 valence electrons. The lowest BCUT2D eigenvalue weighted by Crippen LogP contribution is -2.24. The minimum atomic E-state index is -0.0134. The van der Waals surface area contributed by atoms with Gasteiger partial charge in [0, 0.05) is 35.2 Å². The van der Waals surface area contributed by atoms with E-state index in [0.717, 1.165) is 40.3 Å². The van der Waals surface area contributed by atoms with Crippen molar-refractivity contribution in [2.75, 3.05) is 29.6 Å². The maximum Gasteiger partial charge on any atom is 0.234 e. The maximum atomic E-state index is 12.5. The van der Waals surface area contributed by atoms with Crippen molar-refractivity contribution in [3.63, 3.8) is 0 Å². The highest BCUT2D eigenvalue weighted by molar-refractivity contribution is 8.00. The number of anilines is 2. The monoisotopic (exact) mass is 398 g/mol. The summed E-state index contributed by atoms with van der Waals surface area (Å²) in [6.45, 7) is 5.27. The number of aromatic nitrogens is 2. The third-order valence-corrected chi connectivity index (χ3v) is 7.09. The quantitative estimate of drug-likeness (QED) is 0.521. The number of rotatable bonds is 4. The molecule has 0 atom stereocenters. The Morgan fingerprint density at radius 2 is 2.19 bits per heavy atom. The summed E-state index contributed by atoms with van der Waals surface area (Å²) in [6.07, 6.45) is 3.80. The predicted molar refractivity (Wildman–Crippen MR) is 114 cm³/mol. The molecule has 3 heterocycles. The molecule has 1 aliphatic heterocycles. The van der Waals surface area contributed by atoms with Crippen LogP contribution < -0.4 is 10.2 Å². The number of carbonyl (C=O) groups excluding carboxylic acids is 1. The van der Waals surface area contributed by atoms with Gasteiger partial charge in [0.05, 0.1) is 5.75 Å². The summed E-state index contributed by atoms with van der Waals surface area (Å²) in [5, 5.41) is 4.98. The van der Waals surface area contributed by atoms with Crippen LogP contribution in [0.15, 0.2) is 29.6 Å². The highest BCUT2D eigenvalue weighted by Crippen LogP contribution is 2.34. The number of nitrogens with zero attached hydrogens (tertiary/aromatic N) is 3. The number of thioether (sulfide) groups is 1. The fourth-order valence-electron chi connectivity index (χ4n) is 3.45. The van der Waals surface area contributed by atoms with Gasteiger partial charge in [-0.3, -0.25) is 4.79 Å². The second kappa shape index (κ2) is 7.48. The molecule has 0 saturated heterocycles. The molecule has 1 amide bonds. The van der Waals surface area contributed by atoms with Gasteiger partial charge in [-0.2, -0.15) is 0 Å². The zero-order valence-electron chi connectivity index (χ0n) is 15.7. The van der Waals surface area contributed by atoms with Crippen LogP contribution in [0.5, 0.6) is 0 Å². The Hall–Kier alpha value is -2.12. The minimum absolute atomic E-state index is 0.0134. The fraction of sp³-hybridized carbons (Fsp3) is 0.350. The number of nitrogens with one attached hydrogen (secondary N) is 1. The van der Waals surface area contributed by atoms with Crippen molar-refractivity contribution in [2.45, 2.75) is 31.7 Å². The first-order chi connectivity index (χ1) is 13.0. The summed E-state index contributed by atoms with van der Waals surface area (Å²) in [5.74, 6) is 0.317. The molecule has 7 heteroatoms. The molecule has 0 radical (unpaired) electrons. The van der Waals surface area contributed by atoms with Gasteiger partial charge < -0.3 is 10.2 Å². The normalized spacial score (nSPS) is 13.7. The van der Waals surface area contributed by atoms with Crippen molar-refractivity contribution in [3.8, 4) is 0 Å². The Labute approximate surface area is 167 Å². The topological polar surface area (TPSA) is 58.1 Å². The van der Waals surface area contributed by atoms with E-state index in [-0.39, 0.29) is 5.91 Å². The van der Waals surface area contributed by atoms with E-state index < -0.39 is 0 Å². The summed E-state index contributed by atoms with van der Waals surface area (Å²) in [5.41, 5.74) is 4.64. The minimum Gasteiger partial charge on any atom is -0.374 e. The Balaban J connectivity index is 1.45. The molecule has 0 fully saturated rings. The van der Waals surface area contributed by atoms with E-state index in [1.165, 1.54) is 33.5 Å². The van der Waals surface area contributed by atoms with Crippen LogP contribution in [0.1, 0.15) is 22.4 Å². The van der Waals surface area contributed by atoms with E-state index >= 15 is 0 Å². The molecule has 1 aromatic carbocycles. The Kier molecular flexibility index (Phi) is 5.06. The molecule has 0 saturated carbocycles. The number of carbonyl (C=O) groups is 1. The molecule has 0 unspecified atom stereocenters. The molecule has 3 aromatic rings. The lowest BCUT2D eigenvalue weighted by molar-refractivity contribution is -0.113. The van der Waals surface area contributed by atoms with Crippen LogP contribution in [0.3, 0.4) is 0 Å². The maximum absolute atomic E-state index is 12.5. The van der Waals surface area contributed by atoms with Crippen LogP contribution in [0.4, 0.5) is 11.4 Å². The molecular formula is C20H22N4OS2. The van der Waals surface area contributed by atoms with E-state index in [0.29, 0.717) is 5.75 Å². The van der Waals surface area contributed by atoms with Gasteiger partial charge in [-0.05, 0) is 56.0 Å². The molecule has 4 rings (SSSR count). The van der Waals surface area contributed by atoms with Gasteiger partial charge in [0.1, 0.15) is 16.2 Å². The number of fused-ring (bicyclic) bond motifs is 2. The first-order valence-electron chi connectivity index (χ1n) is 9.00. The van der Waals surface area contributed by atoms with Gasteiger partial charge in [0.25, 0.3) is 0 Å². The molecule has 0 bridgehead atoms. The molecule has 0 aliphatic carbocycles. The summed E-state index contributed by atoms with van der Waals surface area (Å²) < 4.78 is 0. The zero-order chi connectivity index (χ0) is 19.0. The van der Waals surface area contributed by atoms with Crippen LogP contribution in [0.2, 0.25) is 0 Å². The number of aryl methyl sites for hydroxylation is 3. The summed E-state index contributed by atoms with van der Waals surface area (Å²) in [7, 11) is 2.11. The second-order valence-corrected chi connectivity index (χ2v) is 9.01. The average molecular weight is 399 g/mol. The highest BCUT2D eigenvalue weighted by atomic mass is 32.2. The summed E-state index contributed by atoms with van der Waals surface area (Å²) in [6, 6.07) is 6.18. The van der Waals surface area contributed by atoms with Crippen LogP contribution in [-0.2, 0) is 11.2 Å². The first kappa shape index (κ1) is 18.3. The van der Waals surface area contributed by atoms with Crippen molar-refractivity contribution in [3.05, 3.63) is 40.5 Å². The van der Waals surface area contributed by atoms with Crippen LogP contribution in [0.25, 0.3) is 10.2 Å². The van der Waals surface area contributed by atoms with Crippen molar-refractivity contribution in [1.82, 2.24) is 9.97 Å². The highest BCUT2D eigenvalue weighted by Gasteiger charge is 2.16. The summed E-state index contributed by atoms with van der Waals surface area (Å²) >= 11 is 3.14. The van der Waals surface area contributed by atoms with Crippen molar-refractivity contribution >= 4 is 50.6 Å². The van der Waals surface area contributed by atoms with E-state index in [1.54, 1.807) is 17.7 Å². The molecule has 0 spiro atoms. The smallest absolute Gasteiger partial charge is 0.234 e. The van der Waals surface area contributed by atoms with Gasteiger partial charge in [0.2, 0.25) is 5.91 Å². The van der Waals surface area contributed by atoms with E-state index in [9.17, 15) is 4.79 Å². The standard InChI is InChI=1S/C20H22N4OS2/c1-12-13(2)27-20-18(12)19(21-11-22-20)26-10-17(25)23-15-6-7-16-14(9-15)5-4-8-24(16)3/h6-7,9,11H,4-5,8,10H2,1-3H3,(H,23,25). The number of hydrogen-bond donors (Lipinski definition) is 1. The average Bonchev–Trinajstić information content (AvgIpc) is 2.95. The third-order valence-electron chi connectivity index (χ3n) is 4.98. The lowest BCUT2D eigenvalue weighted by Gasteiger charge is -2.27. The molecule has 1 N–H and O–H groups in total. The number of thiophene rings is 1. The summed E-state index contributed by atoms with van der Waals surface area (Å²) in [4.78, 5) is 25.7. The molecule has 1 aliphatic rings. The fourth-order valence-corrected chi connectivity index (χ4v) is 5.37. The Bertz CT molecular complexity index is 1010. The SMILES string of the molecule is Cc1sc2ncnc(SCC(=O)Nc3ccc4c(c3)CCCN4C)c2c1C. The Morgan fingerprint density at radius 3 is 3.04 bits per heavy atom. The molecule has 27 heavy (non-hydrogen) atoms. The van der Waals surface area contributed by atoms with E-state index in [1.807, 2.05) is 6.07 Å². The van der Waals surface area contributed by atoms with Gasteiger partial charge in [0.15, 0.2) is 0 Å². The predicted octanol–water partition coefficient (Wildman–Crippen LogP) is 4.42. The lowest BCUT2D eigenvalue weighted by atomic mass is 10.0. The molecular weight excluding hydrogens is 376 g/mol. The van der Waals surface area contributed by atoms with E-state index in [4.69, 9.17) is 0 Å². The Morgan fingerprint density at radius 1 is 1.33 bits per heavy atom. The largest absolute Gasteiger partial charge is 0.374 e. The third kappa shape index (κ3) is 3.66. The van der Waals surface area contributed by atoms with Crippen LogP contribution >= 0.6 is 23.1 Å². The van der Waals surface area contributed by atoms with Crippen molar-refractivity contribution in [1.29, 1.82) is 0 Å². The van der Waals surface area contributed by atoms with Crippen molar-refractivity contribution in [2.24, 2.45) is 0 Å². The number of benzene rings is 1.